The number of benzene rings is 2. The molecule has 0 aromatic heterocycles. The van der Waals surface area contributed by atoms with E-state index in [1.54, 1.807) is 56.8 Å². The summed E-state index contributed by atoms with van der Waals surface area (Å²) in [5.41, 5.74) is 2.26. The van der Waals surface area contributed by atoms with E-state index in [-0.39, 0.29) is 5.91 Å². The largest absolute Gasteiger partial charge is 0.493 e. The highest BCUT2D eigenvalue weighted by molar-refractivity contribution is 6.31. The number of amides is 1. The van der Waals surface area contributed by atoms with E-state index in [4.69, 9.17) is 21.1 Å². The molecular weight excluding hydrogens is 316 g/mol. The fourth-order valence-electron chi connectivity index (χ4n) is 2.47. The third-order valence-corrected chi connectivity index (χ3v) is 3.86. The minimum Gasteiger partial charge on any atom is -0.493 e. The van der Waals surface area contributed by atoms with Crippen LogP contribution in [0.2, 0.25) is 5.02 Å². The maximum absolute atomic E-state index is 12.1. The molecule has 2 aromatic carbocycles. The van der Waals surface area contributed by atoms with Crippen molar-refractivity contribution in [2.75, 3.05) is 19.5 Å². The van der Waals surface area contributed by atoms with Crippen LogP contribution in [0.25, 0.3) is 0 Å². The first-order valence-corrected chi connectivity index (χ1v) is 7.36. The summed E-state index contributed by atoms with van der Waals surface area (Å²) in [4.78, 5) is 16.5. The molecule has 1 unspecified atom stereocenters. The second kappa shape index (κ2) is 6.30. The maximum atomic E-state index is 12.1. The highest BCUT2D eigenvalue weighted by Gasteiger charge is 2.29. The molecule has 0 fully saturated rings. The number of methoxy groups -OCH3 is 2. The summed E-state index contributed by atoms with van der Waals surface area (Å²) in [5.74, 6) is 0.631. The van der Waals surface area contributed by atoms with Crippen LogP contribution >= 0.6 is 11.6 Å². The molecule has 23 heavy (non-hydrogen) atoms. The fourth-order valence-corrected chi connectivity index (χ4v) is 2.65. The molecule has 5 nitrogen and oxygen atoms in total. The van der Waals surface area contributed by atoms with Crippen LogP contribution in [0.3, 0.4) is 0 Å². The Hall–Kier alpha value is -2.53. The van der Waals surface area contributed by atoms with Gasteiger partial charge in [-0.25, -0.2) is 0 Å². The Morgan fingerprint density at radius 2 is 1.91 bits per heavy atom. The number of fused-ring (bicyclic) bond motifs is 1. The third-order valence-electron chi connectivity index (χ3n) is 3.63. The van der Waals surface area contributed by atoms with Crippen LogP contribution in [0.5, 0.6) is 11.5 Å². The first-order chi connectivity index (χ1) is 11.1. The molecule has 0 bridgehead atoms. The van der Waals surface area contributed by atoms with Crippen molar-refractivity contribution in [1.82, 2.24) is 0 Å². The highest BCUT2D eigenvalue weighted by Crippen LogP contribution is 2.35. The van der Waals surface area contributed by atoms with E-state index in [2.05, 4.69) is 10.3 Å². The summed E-state index contributed by atoms with van der Waals surface area (Å²) < 4.78 is 10.4. The Kier molecular flexibility index (Phi) is 4.21. The van der Waals surface area contributed by atoms with Gasteiger partial charge in [0.2, 0.25) is 5.91 Å². The van der Waals surface area contributed by atoms with Gasteiger partial charge in [0.15, 0.2) is 11.5 Å². The van der Waals surface area contributed by atoms with Crippen molar-refractivity contribution < 1.29 is 14.3 Å². The molecule has 0 saturated carbocycles. The van der Waals surface area contributed by atoms with Crippen LogP contribution < -0.4 is 14.8 Å². The van der Waals surface area contributed by atoms with E-state index in [0.29, 0.717) is 22.2 Å². The number of aliphatic imine (C=N–C) groups is 1. The molecule has 1 amide bonds. The molecule has 1 atom stereocenters. The zero-order valence-corrected chi connectivity index (χ0v) is 13.4. The van der Waals surface area contributed by atoms with Gasteiger partial charge >= 0.3 is 0 Å². The van der Waals surface area contributed by atoms with Gasteiger partial charge in [-0.15, -0.1) is 0 Å². The summed E-state index contributed by atoms with van der Waals surface area (Å²) in [5, 5.41) is 3.41. The molecule has 1 N–H and O–H groups in total. The van der Waals surface area contributed by atoms with Crippen molar-refractivity contribution in [1.29, 1.82) is 0 Å². The van der Waals surface area contributed by atoms with Gasteiger partial charge in [-0.1, -0.05) is 11.6 Å². The maximum Gasteiger partial charge on any atom is 0.237 e. The molecule has 1 aliphatic heterocycles. The molecule has 1 heterocycles. The number of anilines is 1. The van der Waals surface area contributed by atoms with E-state index in [0.717, 1.165) is 11.3 Å². The summed E-state index contributed by atoms with van der Waals surface area (Å²) in [7, 11) is 3.14. The van der Waals surface area contributed by atoms with Crippen LogP contribution in [0.1, 0.15) is 11.5 Å². The van der Waals surface area contributed by atoms with Gasteiger partial charge in [-0.3, -0.25) is 9.79 Å². The van der Waals surface area contributed by atoms with Crippen LogP contribution in [0, 0.1) is 0 Å². The quantitative estimate of drug-likeness (QED) is 0.867. The van der Waals surface area contributed by atoms with Gasteiger partial charge in [0.1, 0.15) is 5.92 Å². The van der Waals surface area contributed by atoms with Crippen molar-refractivity contribution >= 4 is 35.1 Å². The number of hydrogen-bond acceptors (Lipinski definition) is 4. The normalized spacial score (nSPS) is 16.3. The van der Waals surface area contributed by atoms with E-state index < -0.39 is 5.92 Å². The average Bonchev–Trinajstić information content (AvgIpc) is 2.87. The van der Waals surface area contributed by atoms with Gasteiger partial charge in [0, 0.05) is 23.0 Å². The number of carbonyl (C=O) groups excluding carboxylic acids is 1. The lowest BCUT2D eigenvalue weighted by Gasteiger charge is -2.07. The van der Waals surface area contributed by atoms with E-state index in [9.17, 15) is 4.79 Å². The van der Waals surface area contributed by atoms with Crippen molar-refractivity contribution in [2.24, 2.45) is 4.99 Å². The molecular formula is C17H15ClN2O3. The summed E-state index contributed by atoms with van der Waals surface area (Å²) >= 11 is 6.01. The number of nitrogens with one attached hydrogen (secondary N) is 1. The average molecular weight is 331 g/mol. The number of hydrogen-bond donors (Lipinski definition) is 1. The van der Waals surface area contributed by atoms with Crippen LogP contribution in [-0.2, 0) is 4.79 Å². The van der Waals surface area contributed by atoms with Crippen molar-refractivity contribution in [2.45, 2.75) is 5.92 Å². The lowest BCUT2D eigenvalue weighted by molar-refractivity contribution is -0.115. The zero-order valence-electron chi connectivity index (χ0n) is 12.7. The Morgan fingerprint density at radius 1 is 1.13 bits per heavy atom. The number of halogens is 1. The van der Waals surface area contributed by atoms with E-state index in [1.807, 2.05) is 0 Å². The molecule has 118 valence electrons. The van der Waals surface area contributed by atoms with Crippen LogP contribution in [-0.4, -0.2) is 26.3 Å². The van der Waals surface area contributed by atoms with E-state index >= 15 is 0 Å². The Morgan fingerprint density at radius 3 is 2.65 bits per heavy atom. The minimum absolute atomic E-state index is 0.119. The zero-order chi connectivity index (χ0) is 16.4. The second-order valence-corrected chi connectivity index (χ2v) is 5.45. The van der Waals surface area contributed by atoms with Gasteiger partial charge in [0.05, 0.1) is 19.9 Å². The van der Waals surface area contributed by atoms with Gasteiger partial charge in [0.25, 0.3) is 0 Å². The number of rotatable bonds is 4. The van der Waals surface area contributed by atoms with Crippen molar-refractivity contribution in [3.8, 4) is 11.5 Å². The van der Waals surface area contributed by atoms with Crippen LogP contribution in [0.4, 0.5) is 11.4 Å². The molecule has 0 radical (unpaired) electrons. The number of ether oxygens (including phenoxy) is 2. The number of nitrogens with zero attached hydrogens (tertiary/aromatic N) is 1. The second-order valence-electron chi connectivity index (χ2n) is 5.02. The topological polar surface area (TPSA) is 59.9 Å². The van der Waals surface area contributed by atoms with Crippen molar-refractivity contribution in [3.63, 3.8) is 0 Å². The predicted octanol–water partition coefficient (Wildman–Crippen LogP) is 3.80. The standard InChI is InChI=1S/C17H15ClN2O3/c1-22-15-6-4-11(8-16(15)23-2)19-9-13-12-7-10(18)3-5-14(12)20-17(13)21/h3-9,13H,1-2H3,(H,20,21). The molecule has 0 spiro atoms. The minimum atomic E-state index is -0.461. The summed E-state index contributed by atoms with van der Waals surface area (Å²) in [6.07, 6.45) is 1.61. The molecule has 3 rings (SSSR count). The number of carbonyl (C=O) groups is 1. The Bertz CT molecular complexity index is 789. The van der Waals surface area contributed by atoms with E-state index in [1.165, 1.54) is 0 Å². The third kappa shape index (κ3) is 3.00. The Labute approximate surface area is 138 Å². The summed E-state index contributed by atoms with van der Waals surface area (Å²) in [6.45, 7) is 0. The molecule has 0 saturated heterocycles. The fraction of sp³-hybridized carbons (Fsp3) is 0.176. The molecule has 6 heteroatoms. The highest BCUT2D eigenvalue weighted by atomic mass is 35.5. The van der Waals surface area contributed by atoms with Gasteiger partial charge < -0.3 is 14.8 Å². The predicted molar refractivity (Wildman–Crippen MR) is 90.5 cm³/mol. The lowest BCUT2D eigenvalue weighted by atomic mass is 10.0. The van der Waals surface area contributed by atoms with Crippen molar-refractivity contribution in [3.05, 3.63) is 47.0 Å². The smallest absolute Gasteiger partial charge is 0.237 e. The van der Waals surface area contributed by atoms with Gasteiger partial charge in [-0.05, 0) is 35.9 Å². The molecule has 0 aliphatic carbocycles. The SMILES string of the molecule is COc1ccc(N=CC2C(=O)Nc3ccc(Cl)cc32)cc1OC. The first-order valence-electron chi connectivity index (χ1n) is 6.99. The lowest BCUT2D eigenvalue weighted by Crippen LogP contribution is -2.12. The monoisotopic (exact) mass is 330 g/mol. The molecule has 2 aromatic rings. The summed E-state index contributed by atoms with van der Waals surface area (Å²) in [6, 6.07) is 10.6. The van der Waals surface area contributed by atoms with Gasteiger partial charge in [-0.2, -0.15) is 0 Å². The first kappa shape index (κ1) is 15.4. The Balaban J connectivity index is 1.89. The van der Waals surface area contributed by atoms with Crippen LogP contribution in [0.15, 0.2) is 41.4 Å². The molecule has 1 aliphatic rings.